The van der Waals surface area contributed by atoms with Crippen molar-refractivity contribution in [3.05, 3.63) is 0 Å². The molecule has 2 heterocycles. The number of nitrogens with one attached hydrogen (secondary N) is 1. The van der Waals surface area contributed by atoms with E-state index in [1.165, 1.54) is 38.7 Å². The molecule has 0 aromatic rings. The van der Waals surface area contributed by atoms with E-state index < -0.39 is 10.0 Å². The second kappa shape index (κ2) is 6.52. The zero-order chi connectivity index (χ0) is 13.9. The van der Waals surface area contributed by atoms with Crippen molar-refractivity contribution < 1.29 is 8.42 Å². The molecule has 2 fully saturated rings. The molecule has 1 N–H and O–H groups in total. The molecule has 3 atom stereocenters. The maximum absolute atomic E-state index is 11.5. The zero-order valence-corrected chi connectivity index (χ0v) is 13.0. The second-order valence-electron chi connectivity index (χ2n) is 5.81. The first kappa shape index (κ1) is 15.2. The number of fused-ring (bicyclic) bond motifs is 2. The molecule has 112 valence electrons. The smallest absolute Gasteiger partial charge is 0.211 e. The van der Waals surface area contributed by atoms with Gasteiger partial charge in [-0.15, -0.1) is 0 Å². The van der Waals surface area contributed by atoms with Crippen molar-refractivity contribution in [1.29, 1.82) is 0 Å². The lowest BCUT2D eigenvalue weighted by Crippen LogP contribution is -2.44. The van der Waals surface area contributed by atoms with Gasteiger partial charge in [-0.25, -0.2) is 12.7 Å². The number of rotatable bonds is 7. The van der Waals surface area contributed by atoms with Crippen LogP contribution in [0.1, 0.15) is 26.2 Å². The van der Waals surface area contributed by atoms with Crippen LogP contribution in [0.25, 0.3) is 0 Å². The Balaban J connectivity index is 1.66. The van der Waals surface area contributed by atoms with Gasteiger partial charge in [0.25, 0.3) is 0 Å². The number of sulfonamides is 1. The van der Waals surface area contributed by atoms with Crippen molar-refractivity contribution in [2.45, 2.75) is 32.2 Å². The number of piperidine rings is 1. The van der Waals surface area contributed by atoms with Gasteiger partial charge >= 0.3 is 0 Å². The Morgan fingerprint density at radius 2 is 2.05 bits per heavy atom. The van der Waals surface area contributed by atoms with E-state index in [-0.39, 0.29) is 0 Å². The maximum atomic E-state index is 11.5. The van der Waals surface area contributed by atoms with Crippen LogP contribution in [0.15, 0.2) is 0 Å². The van der Waals surface area contributed by atoms with Crippen molar-refractivity contribution in [2.24, 2.45) is 5.92 Å². The van der Waals surface area contributed by atoms with Gasteiger partial charge in [0.2, 0.25) is 10.0 Å². The Kier molecular flexibility index (Phi) is 5.22. The predicted octanol–water partition coefficient (Wildman–Crippen LogP) is 0.342. The van der Waals surface area contributed by atoms with E-state index in [1.807, 2.05) is 6.92 Å². The van der Waals surface area contributed by atoms with Crippen LogP contribution in [-0.2, 0) is 10.0 Å². The Hall–Kier alpha value is -0.170. The van der Waals surface area contributed by atoms with Crippen molar-refractivity contribution >= 4 is 10.0 Å². The molecule has 0 aliphatic carbocycles. The standard InChI is InChI=1S/C13H27N3O2S/c1-3-16(19(2,17)18)8-4-7-14-13-6-10-15-9-5-12(13)11-15/h12-14H,3-11H2,1-2H3. The van der Waals surface area contributed by atoms with Gasteiger partial charge in [-0.1, -0.05) is 6.92 Å². The van der Waals surface area contributed by atoms with Crippen LogP contribution in [0.4, 0.5) is 0 Å². The average Bonchev–Trinajstić information content (AvgIpc) is 2.73. The molecule has 0 amide bonds. The minimum atomic E-state index is -3.03. The molecular formula is C13H27N3O2S. The summed E-state index contributed by atoms with van der Waals surface area (Å²) < 4.78 is 24.5. The normalized spacial score (nSPS) is 31.0. The summed E-state index contributed by atoms with van der Waals surface area (Å²) in [6.07, 6.45) is 4.75. The highest BCUT2D eigenvalue weighted by Gasteiger charge is 2.33. The third kappa shape index (κ3) is 4.15. The van der Waals surface area contributed by atoms with Crippen LogP contribution < -0.4 is 5.32 Å². The van der Waals surface area contributed by atoms with Gasteiger partial charge in [0.05, 0.1) is 6.26 Å². The summed E-state index contributed by atoms with van der Waals surface area (Å²) in [6.45, 7) is 7.75. The molecule has 19 heavy (non-hydrogen) atoms. The Bertz CT molecular complexity index is 385. The Morgan fingerprint density at radius 1 is 1.32 bits per heavy atom. The molecule has 2 aliphatic rings. The van der Waals surface area contributed by atoms with Crippen molar-refractivity contribution in [3.8, 4) is 0 Å². The highest BCUT2D eigenvalue weighted by atomic mass is 32.2. The van der Waals surface area contributed by atoms with Gasteiger partial charge in [0, 0.05) is 25.7 Å². The third-order valence-corrected chi connectivity index (χ3v) is 5.83. The van der Waals surface area contributed by atoms with Crippen molar-refractivity contribution in [1.82, 2.24) is 14.5 Å². The van der Waals surface area contributed by atoms with E-state index in [2.05, 4.69) is 10.2 Å². The summed E-state index contributed by atoms with van der Waals surface area (Å²) in [5.74, 6) is 0.811. The number of hydrogen-bond acceptors (Lipinski definition) is 4. The molecule has 0 aromatic heterocycles. The van der Waals surface area contributed by atoms with Crippen LogP contribution in [0.2, 0.25) is 0 Å². The van der Waals surface area contributed by atoms with E-state index in [4.69, 9.17) is 0 Å². The van der Waals surface area contributed by atoms with Crippen molar-refractivity contribution in [3.63, 3.8) is 0 Å². The molecule has 0 saturated carbocycles. The largest absolute Gasteiger partial charge is 0.314 e. The second-order valence-corrected chi connectivity index (χ2v) is 7.79. The summed E-state index contributed by atoms with van der Waals surface area (Å²) in [7, 11) is -3.03. The van der Waals surface area contributed by atoms with Crippen LogP contribution in [0, 0.1) is 5.92 Å². The fourth-order valence-electron chi connectivity index (χ4n) is 3.32. The number of nitrogens with zero attached hydrogens (tertiary/aromatic N) is 2. The zero-order valence-electron chi connectivity index (χ0n) is 12.1. The Labute approximate surface area is 117 Å². The van der Waals surface area contributed by atoms with Crippen LogP contribution in [-0.4, -0.2) is 69.2 Å². The molecule has 2 bridgehead atoms. The van der Waals surface area contributed by atoms with Crippen LogP contribution in [0.5, 0.6) is 0 Å². The van der Waals surface area contributed by atoms with E-state index >= 15 is 0 Å². The minimum Gasteiger partial charge on any atom is -0.314 e. The highest BCUT2D eigenvalue weighted by Crippen LogP contribution is 2.26. The first-order chi connectivity index (χ1) is 9.00. The highest BCUT2D eigenvalue weighted by molar-refractivity contribution is 7.88. The fourth-order valence-corrected chi connectivity index (χ4v) is 4.25. The van der Waals surface area contributed by atoms with Crippen LogP contribution >= 0.6 is 0 Å². The quantitative estimate of drug-likeness (QED) is 0.687. The summed E-state index contributed by atoms with van der Waals surface area (Å²) in [6, 6.07) is 0.645. The lowest BCUT2D eigenvalue weighted by molar-refractivity contribution is 0.220. The lowest BCUT2D eigenvalue weighted by Gasteiger charge is -2.31. The SMILES string of the molecule is CCN(CCCNC1CCN2CCC1C2)S(C)(=O)=O. The summed E-state index contributed by atoms with van der Waals surface area (Å²) in [5.41, 5.74) is 0. The lowest BCUT2D eigenvalue weighted by atomic mass is 9.94. The van der Waals surface area contributed by atoms with Gasteiger partial charge in [-0.3, -0.25) is 0 Å². The summed E-state index contributed by atoms with van der Waals surface area (Å²) >= 11 is 0. The monoisotopic (exact) mass is 289 g/mol. The molecular weight excluding hydrogens is 262 g/mol. The molecule has 6 heteroatoms. The molecule has 0 aromatic carbocycles. The van der Waals surface area contributed by atoms with Gasteiger partial charge in [0.1, 0.15) is 0 Å². The molecule has 0 radical (unpaired) electrons. The first-order valence-electron chi connectivity index (χ1n) is 7.41. The van der Waals surface area contributed by atoms with Gasteiger partial charge < -0.3 is 10.2 Å². The van der Waals surface area contributed by atoms with E-state index in [0.717, 1.165) is 18.9 Å². The molecule has 5 nitrogen and oxygen atoms in total. The van der Waals surface area contributed by atoms with Gasteiger partial charge in [-0.05, 0) is 44.8 Å². The fraction of sp³-hybridized carbons (Fsp3) is 1.00. The van der Waals surface area contributed by atoms with Gasteiger partial charge in [-0.2, -0.15) is 0 Å². The van der Waals surface area contributed by atoms with E-state index in [1.54, 1.807) is 4.31 Å². The maximum Gasteiger partial charge on any atom is 0.211 e. The predicted molar refractivity (Wildman–Crippen MR) is 77.7 cm³/mol. The molecule has 2 rings (SSSR count). The topological polar surface area (TPSA) is 52.6 Å². The van der Waals surface area contributed by atoms with Gasteiger partial charge in [0.15, 0.2) is 0 Å². The molecule has 2 saturated heterocycles. The summed E-state index contributed by atoms with van der Waals surface area (Å²) in [5, 5.41) is 3.63. The van der Waals surface area contributed by atoms with Crippen LogP contribution in [0.3, 0.4) is 0 Å². The van der Waals surface area contributed by atoms with E-state index in [9.17, 15) is 8.42 Å². The van der Waals surface area contributed by atoms with Crippen molar-refractivity contribution in [2.75, 3.05) is 45.5 Å². The third-order valence-electron chi connectivity index (χ3n) is 4.45. The minimum absolute atomic E-state index is 0.569. The first-order valence-corrected chi connectivity index (χ1v) is 9.26. The molecule has 2 aliphatic heterocycles. The number of hydrogen-bond donors (Lipinski definition) is 1. The molecule has 3 unspecified atom stereocenters. The Morgan fingerprint density at radius 3 is 2.74 bits per heavy atom. The van der Waals surface area contributed by atoms with E-state index in [0.29, 0.717) is 19.1 Å². The average molecular weight is 289 g/mol. The summed E-state index contributed by atoms with van der Waals surface area (Å²) in [4.78, 5) is 2.55. The molecule has 0 spiro atoms.